The number of benzene rings is 1. The smallest absolute Gasteiger partial charge is 0.336 e. The monoisotopic (exact) mass is 218 g/mol. The van der Waals surface area contributed by atoms with Crippen molar-refractivity contribution in [3.8, 4) is 12.3 Å². The van der Waals surface area contributed by atoms with Crippen molar-refractivity contribution in [2.24, 2.45) is 0 Å². The number of terminal acetylenes is 1. The molecule has 0 aliphatic carbocycles. The second-order valence-electron chi connectivity index (χ2n) is 4.43. The molecule has 0 aliphatic rings. The van der Waals surface area contributed by atoms with Gasteiger partial charge in [0, 0.05) is 5.56 Å². The van der Waals surface area contributed by atoms with E-state index >= 15 is 0 Å². The van der Waals surface area contributed by atoms with Crippen molar-refractivity contribution in [3.63, 3.8) is 0 Å². The number of carboxylic acid groups (broad SMARTS) is 1. The number of hydrogen-bond acceptors (Lipinski definition) is 1. The molecule has 15 heavy (non-hydrogen) atoms. The summed E-state index contributed by atoms with van der Waals surface area (Å²) in [6.07, 6.45) is 5.39. The maximum atomic E-state index is 11.0. The molecule has 1 N–H and O–H groups in total. The number of rotatable bonds is 2. The summed E-state index contributed by atoms with van der Waals surface area (Å²) in [5.74, 6) is 1.55. The van der Waals surface area contributed by atoms with E-state index in [4.69, 9.17) is 11.5 Å². The van der Waals surface area contributed by atoms with Crippen molar-refractivity contribution in [1.29, 1.82) is 0 Å². The highest BCUT2D eigenvalue weighted by atomic mass is 28.3. The lowest BCUT2D eigenvalue weighted by atomic mass is 10.1. The lowest BCUT2D eigenvalue weighted by molar-refractivity contribution is 0.0696. The molecule has 0 saturated heterocycles. The summed E-state index contributed by atoms with van der Waals surface area (Å²) in [4.78, 5) is 11.0. The van der Waals surface area contributed by atoms with Crippen LogP contribution in [0.5, 0.6) is 0 Å². The van der Waals surface area contributed by atoms with Gasteiger partial charge in [-0.25, -0.2) is 4.79 Å². The Balaban J connectivity index is 3.51. The van der Waals surface area contributed by atoms with Crippen LogP contribution >= 0.6 is 0 Å². The predicted octanol–water partition coefficient (Wildman–Crippen LogP) is 1.91. The fraction of sp³-hybridized carbons (Fsp3) is 0.250. The second kappa shape index (κ2) is 3.91. The third-order valence-electron chi connectivity index (χ3n) is 2.25. The molecule has 1 aromatic carbocycles. The first-order valence-electron chi connectivity index (χ1n) is 4.71. The minimum atomic E-state index is -1.58. The standard InChI is InChI=1S/C12H14O2Si/c1-5-9-10(12(13)14)7-6-8-11(9)15(2,3)4/h1,6-8H,2-4H3,(H,13,14). The van der Waals surface area contributed by atoms with Crippen LogP contribution in [0.4, 0.5) is 0 Å². The number of carboxylic acids is 1. The summed E-state index contributed by atoms with van der Waals surface area (Å²) >= 11 is 0. The Labute approximate surface area is 91.0 Å². The number of carbonyl (C=O) groups is 1. The van der Waals surface area contributed by atoms with Crippen LogP contribution in [-0.2, 0) is 0 Å². The van der Waals surface area contributed by atoms with E-state index in [9.17, 15) is 4.79 Å². The molecule has 0 amide bonds. The molecule has 0 bridgehead atoms. The zero-order chi connectivity index (χ0) is 11.6. The van der Waals surface area contributed by atoms with Gasteiger partial charge in [-0.2, -0.15) is 0 Å². The maximum Gasteiger partial charge on any atom is 0.336 e. The van der Waals surface area contributed by atoms with E-state index in [2.05, 4.69) is 25.6 Å². The van der Waals surface area contributed by atoms with E-state index in [1.54, 1.807) is 12.1 Å². The number of hydrogen-bond donors (Lipinski definition) is 1. The van der Waals surface area contributed by atoms with Crippen LogP contribution in [0, 0.1) is 12.3 Å². The van der Waals surface area contributed by atoms with Crippen LogP contribution in [0.25, 0.3) is 0 Å². The molecule has 2 nitrogen and oxygen atoms in total. The molecule has 0 fully saturated rings. The Hall–Kier alpha value is -1.53. The van der Waals surface area contributed by atoms with Crippen LogP contribution in [-0.4, -0.2) is 19.1 Å². The number of aromatic carboxylic acids is 1. The van der Waals surface area contributed by atoms with Crippen molar-refractivity contribution >= 4 is 19.2 Å². The first-order chi connectivity index (χ1) is 6.88. The van der Waals surface area contributed by atoms with Crippen molar-refractivity contribution < 1.29 is 9.90 Å². The van der Waals surface area contributed by atoms with Gasteiger partial charge in [-0.15, -0.1) is 6.42 Å². The zero-order valence-corrected chi connectivity index (χ0v) is 10.2. The Kier molecular flexibility index (Phi) is 3.01. The van der Waals surface area contributed by atoms with Crippen LogP contribution in [0.2, 0.25) is 19.6 Å². The van der Waals surface area contributed by atoms with E-state index in [-0.39, 0.29) is 5.56 Å². The summed E-state index contributed by atoms with van der Waals surface area (Å²) in [6, 6.07) is 5.26. The fourth-order valence-electron chi connectivity index (χ4n) is 1.51. The molecule has 78 valence electrons. The van der Waals surface area contributed by atoms with Gasteiger partial charge in [0.1, 0.15) is 0 Å². The van der Waals surface area contributed by atoms with Crippen molar-refractivity contribution in [1.82, 2.24) is 0 Å². The van der Waals surface area contributed by atoms with E-state index in [1.165, 1.54) is 0 Å². The minimum absolute atomic E-state index is 0.234. The third-order valence-corrected chi connectivity index (χ3v) is 4.28. The minimum Gasteiger partial charge on any atom is -0.478 e. The average molecular weight is 218 g/mol. The van der Waals surface area contributed by atoms with Gasteiger partial charge in [0.25, 0.3) is 0 Å². The van der Waals surface area contributed by atoms with Crippen molar-refractivity contribution in [3.05, 3.63) is 29.3 Å². The zero-order valence-electron chi connectivity index (χ0n) is 9.16. The molecule has 0 aliphatic heterocycles. The summed E-state index contributed by atoms with van der Waals surface area (Å²) in [5.41, 5.74) is 0.779. The quantitative estimate of drug-likeness (QED) is 0.608. The molecule has 0 unspecified atom stereocenters. The van der Waals surface area contributed by atoms with Gasteiger partial charge in [0.2, 0.25) is 0 Å². The molecule has 0 aromatic heterocycles. The average Bonchev–Trinajstić information content (AvgIpc) is 2.15. The van der Waals surface area contributed by atoms with E-state index in [1.807, 2.05) is 6.07 Å². The van der Waals surface area contributed by atoms with Gasteiger partial charge in [0.15, 0.2) is 0 Å². The molecular weight excluding hydrogens is 204 g/mol. The second-order valence-corrected chi connectivity index (χ2v) is 9.47. The van der Waals surface area contributed by atoms with Crippen molar-refractivity contribution in [2.45, 2.75) is 19.6 Å². The molecule has 0 saturated carbocycles. The van der Waals surface area contributed by atoms with Crippen LogP contribution < -0.4 is 5.19 Å². The molecule has 0 spiro atoms. The van der Waals surface area contributed by atoms with Crippen molar-refractivity contribution in [2.75, 3.05) is 0 Å². The Morgan fingerprint density at radius 2 is 2.00 bits per heavy atom. The SMILES string of the molecule is C#Cc1c(C(=O)O)cccc1[Si](C)(C)C. The van der Waals surface area contributed by atoms with E-state index in [0.717, 1.165) is 5.19 Å². The molecule has 1 aromatic rings. The largest absolute Gasteiger partial charge is 0.478 e. The van der Waals surface area contributed by atoms with Gasteiger partial charge >= 0.3 is 5.97 Å². The highest BCUT2D eigenvalue weighted by Crippen LogP contribution is 2.11. The third kappa shape index (κ3) is 2.28. The van der Waals surface area contributed by atoms with E-state index < -0.39 is 14.0 Å². The normalized spacial score (nSPS) is 10.8. The van der Waals surface area contributed by atoms with E-state index in [0.29, 0.717) is 5.56 Å². The first kappa shape index (κ1) is 11.5. The lowest BCUT2D eigenvalue weighted by Crippen LogP contribution is -2.40. The summed E-state index contributed by atoms with van der Waals surface area (Å²) in [5, 5.41) is 10.0. The van der Waals surface area contributed by atoms with Gasteiger partial charge < -0.3 is 5.11 Å². The van der Waals surface area contributed by atoms with Gasteiger partial charge in [-0.1, -0.05) is 37.7 Å². The Bertz CT molecular complexity index is 436. The van der Waals surface area contributed by atoms with Crippen LogP contribution in [0.1, 0.15) is 15.9 Å². The lowest BCUT2D eigenvalue weighted by Gasteiger charge is -2.19. The highest BCUT2D eigenvalue weighted by molar-refractivity contribution is 6.89. The summed E-state index contributed by atoms with van der Waals surface area (Å²) in [6.45, 7) is 6.44. The topological polar surface area (TPSA) is 37.3 Å². The Morgan fingerprint density at radius 3 is 2.40 bits per heavy atom. The van der Waals surface area contributed by atoms with Gasteiger partial charge in [-0.05, 0) is 11.3 Å². The van der Waals surface area contributed by atoms with Crippen LogP contribution in [0.15, 0.2) is 18.2 Å². The molecule has 0 atom stereocenters. The van der Waals surface area contributed by atoms with Gasteiger partial charge in [0.05, 0.1) is 13.6 Å². The first-order valence-corrected chi connectivity index (χ1v) is 8.21. The molecule has 0 radical (unpaired) electrons. The molecule has 0 heterocycles. The molecular formula is C12H14O2Si. The van der Waals surface area contributed by atoms with Gasteiger partial charge in [-0.3, -0.25) is 0 Å². The highest BCUT2D eigenvalue weighted by Gasteiger charge is 2.22. The fourth-order valence-corrected chi connectivity index (χ4v) is 3.06. The van der Waals surface area contributed by atoms with Crippen LogP contribution in [0.3, 0.4) is 0 Å². The molecule has 3 heteroatoms. The Morgan fingerprint density at radius 1 is 1.40 bits per heavy atom. The molecule has 1 rings (SSSR count). The summed E-state index contributed by atoms with van der Waals surface area (Å²) < 4.78 is 0. The predicted molar refractivity (Wildman–Crippen MR) is 64.3 cm³/mol. The maximum absolute atomic E-state index is 11.0. The summed E-state index contributed by atoms with van der Waals surface area (Å²) in [7, 11) is -1.58.